The van der Waals surface area contributed by atoms with Crippen LogP contribution in [0.2, 0.25) is 0 Å². The van der Waals surface area contributed by atoms with Gasteiger partial charge in [0, 0.05) is 30.1 Å². The van der Waals surface area contributed by atoms with Crippen molar-refractivity contribution in [2.24, 2.45) is 13.0 Å². The number of nitriles is 1. The first-order valence-corrected chi connectivity index (χ1v) is 10.6. The van der Waals surface area contributed by atoms with Crippen molar-refractivity contribution in [1.29, 1.82) is 5.26 Å². The molecule has 7 nitrogen and oxygen atoms in total. The highest BCUT2D eigenvalue weighted by molar-refractivity contribution is 5.99. The number of para-hydroxylation sites is 1. The summed E-state index contributed by atoms with van der Waals surface area (Å²) in [5.41, 5.74) is 3.82. The second kappa shape index (κ2) is 7.55. The van der Waals surface area contributed by atoms with Gasteiger partial charge in [0.2, 0.25) is 5.91 Å². The van der Waals surface area contributed by atoms with E-state index in [4.69, 9.17) is 4.74 Å². The summed E-state index contributed by atoms with van der Waals surface area (Å²) in [5.74, 6) is 1.46. The quantitative estimate of drug-likeness (QED) is 0.639. The van der Waals surface area contributed by atoms with E-state index in [2.05, 4.69) is 23.3 Å². The van der Waals surface area contributed by atoms with Crippen LogP contribution in [0, 0.1) is 17.2 Å². The van der Waals surface area contributed by atoms with Gasteiger partial charge in [-0.1, -0.05) is 17.3 Å². The van der Waals surface area contributed by atoms with Gasteiger partial charge in [0.05, 0.1) is 17.4 Å². The number of aromatic nitrogens is 3. The first-order chi connectivity index (χ1) is 15.1. The highest BCUT2D eigenvalue weighted by Crippen LogP contribution is 2.46. The van der Waals surface area contributed by atoms with E-state index < -0.39 is 0 Å². The van der Waals surface area contributed by atoms with Crippen LogP contribution in [-0.2, 0) is 18.3 Å². The van der Waals surface area contributed by atoms with Crippen LogP contribution in [0.1, 0.15) is 37.3 Å². The molecule has 1 saturated carbocycles. The SMILES string of the molecule is C[C@H]1CCc2c(ccc(-c3cn(C)nn3)c2Oc2ccccc2C#N)N1C(=O)C1CC1. The third-order valence-electron chi connectivity index (χ3n) is 6.01. The Morgan fingerprint density at radius 3 is 2.71 bits per heavy atom. The average molecular weight is 413 g/mol. The molecule has 156 valence electrons. The lowest BCUT2D eigenvalue weighted by Crippen LogP contribution is -2.43. The Bertz CT molecular complexity index is 1200. The van der Waals surface area contributed by atoms with Gasteiger partial charge in [0.15, 0.2) is 0 Å². The van der Waals surface area contributed by atoms with E-state index in [0.29, 0.717) is 22.8 Å². The Morgan fingerprint density at radius 1 is 1.19 bits per heavy atom. The summed E-state index contributed by atoms with van der Waals surface area (Å²) in [6, 6.07) is 13.5. The van der Waals surface area contributed by atoms with Crippen LogP contribution >= 0.6 is 0 Å². The van der Waals surface area contributed by atoms with E-state index in [1.54, 1.807) is 16.8 Å². The number of amides is 1. The molecule has 1 aliphatic heterocycles. The van der Waals surface area contributed by atoms with E-state index in [9.17, 15) is 10.1 Å². The fraction of sp³-hybridized carbons (Fsp3) is 0.333. The number of rotatable bonds is 4. The molecule has 1 aromatic heterocycles. The van der Waals surface area contributed by atoms with Crippen molar-refractivity contribution in [2.75, 3.05) is 4.90 Å². The van der Waals surface area contributed by atoms with Gasteiger partial charge in [0.1, 0.15) is 23.3 Å². The van der Waals surface area contributed by atoms with Crippen molar-refractivity contribution in [2.45, 2.75) is 38.6 Å². The Morgan fingerprint density at radius 2 is 2.00 bits per heavy atom. The number of benzene rings is 2. The molecule has 0 bridgehead atoms. The van der Waals surface area contributed by atoms with Crippen LogP contribution in [0.5, 0.6) is 11.5 Å². The molecule has 31 heavy (non-hydrogen) atoms. The second-order valence-corrected chi connectivity index (χ2v) is 8.30. The van der Waals surface area contributed by atoms with Crippen LogP contribution < -0.4 is 9.64 Å². The van der Waals surface area contributed by atoms with Crippen LogP contribution in [-0.4, -0.2) is 26.9 Å². The third kappa shape index (κ3) is 3.44. The molecule has 0 unspecified atom stereocenters. The van der Waals surface area contributed by atoms with Crippen LogP contribution in [0.15, 0.2) is 42.6 Å². The lowest BCUT2D eigenvalue weighted by molar-refractivity contribution is -0.120. The monoisotopic (exact) mass is 413 g/mol. The van der Waals surface area contributed by atoms with E-state index in [0.717, 1.165) is 42.5 Å². The molecule has 0 spiro atoms. The van der Waals surface area contributed by atoms with Gasteiger partial charge in [-0.25, -0.2) is 0 Å². The lowest BCUT2D eigenvalue weighted by atomic mass is 9.92. The minimum absolute atomic E-state index is 0.136. The number of hydrogen-bond acceptors (Lipinski definition) is 5. The summed E-state index contributed by atoms with van der Waals surface area (Å²) in [7, 11) is 1.82. The van der Waals surface area contributed by atoms with Crippen LogP contribution in [0.4, 0.5) is 5.69 Å². The molecule has 1 amide bonds. The average Bonchev–Trinajstić information content (AvgIpc) is 3.54. The van der Waals surface area contributed by atoms with Gasteiger partial charge in [0.25, 0.3) is 0 Å². The first-order valence-electron chi connectivity index (χ1n) is 10.6. The lowest BCUT2D eigenvalue weighted by Gasteiger charge is -2.36. The summed E-state index contributed by atoms with van der Waals surface area (Å²) in [5, 5.41) is 17.9. The summed E-state index contributed by atoms with van der Waals surface area (Å²) < 4.78 is 8.04. The third-order valence-corrected chi connectivity index (χ3v) is 6.01. The fourth-order valence-electron chi connectivity index (χ4n) is 4.21. The summed E-state index contributed by atoms with van der Waals surface area (Å²) >= 11 is 0. The maximum atomic E-state index is 13.1. The number of aryl methyl sites for hydroxylation is 1. The number of carbonyl (C=O) groups is 1. The highest BCUT2D eigenvalue weighted by atomic mass is 16.5. The summed E-state index contributed by atoms with van der Waals surface area (Å²) in [6.45, 7) is 2.10. The molecule has 1 fully saturated rings. The Balaban J connectivity index is 1.68. The molecule has 0 radical (unpaired) electrons. The smallest absolute Gasteiger partial charge is 0.230 e. The zero-order chi connectivity index (χ0) is 21.5. The fourth-order valence-corrected chi connectivity index (χ4v) is 4.21. The van der Waals surface area contributed by atoms with Gasteiger partial charge >= 0.3 is 0 Å². The van der Waals surface area contributed by atoms with Gasteiger partial charge in [-0.2, -0.15) is 5.26 Å². The number of fused-ring (bicyclic) bond motifs is 1. The molecule has 1 aliphatic carbocycles. The van der Waals surface area contributed by atoms with Crippen LogP contribution in [0.25, 0.3) is 11.3 Å². The normalized spacial score (nSPS) is 17.7. The zero-order valence-electron chi connectivity index (χ0n) is 17.6. The molecular formula is C24H23N5O2. The number of anilines is 1. The van der Waals surface area contributed by atoms with Gasteiger partial charge in [-0.05, 0) is 56.9 Å². The Hall–Kier alpha value is -3.66. The minimum atomic E-state index is 0.136. The molecule has 0 saturated heterocycles. The van der Waals surface area contributed by atoms with Crippen molar-refractivity contribution >= 4 is 11.6 Å². The minimum Gasteiger partial charge on any atom is -0.455 e. The van der Waals surface area contributed by atoms with Crippen molar-refractivity contribution in [1.82, 2.24) is 15.0 Å². The predicted octanol–water partition coefficient (Wildman–Crippen LogP) is 4.22. The number of carbonyl (C=O) groups excluding carboxylic acids is 1. The highest BCUT2D eigenvalue weighted by Gasteiger charge is 2.39. The summed E-state index contributed by atoms with van der Waals surface area (Å²) in [4.78, 5) is 15.0. The maximum absolute atomic E-state index is 13.1. The Kier molecular flexibility index (Phi) is 4.70. The molecule has 5 rings (SSSR count). The number of ether oxygens (including phenoxy) is 1. The van der Waals surface area contributed by atoms with Crippen molar-refractivity contribution in [3.05, 3.63) is 53.7 Å². The van der Waals surface area contributed by atoms with Crippen LogP contribution in [0.3, 0.4) is 0 Å². The molecule has 0 N–H and O–H groups in total. The molecule has 7 heteroatoms. The Labute approximate surface area is 180 Å². The molecule has 2 heterocycles. The van der Waals surface area contributed by atoms with Crippen molar-refractivity contribution in [3.63, 3.8) is 0 Å². The standard InChI is InChI=1S/C24H23N5O2/c1-15-7-10-19-21(29(15)24(30)16-8-9-16)12-11-18(20-14-28(2)27-26-20)23(19)31-22-6-4-3-5-17(22)13-25/h3-6,11-12,14-16H,7-10H2,1-2H3/t15-/m0/s1. The molecule has 3 aromatic rings. The molecular weight excluding hydrogens is 390 g/mol. The van der Waals surface area contributed by atoms with Gasteiger partial charge in [-0.15, -0.1) is 5.10 Å². The topological polar surface area (TPSA) is 84.0 Å². The predicted molar refractivity (Wildman–Crippen MR) is 116 cm³/mol. The molecule has 1 atom stereocenters. The van der Waals surface area contributed by atoms with Crippen molar-refractivity contribution < 1.29 is 9.53 Å². The molecule has 2 aromatic carbocycles. The number of nitrogens with zero attached hydrogens (tertiary/aromatic N) is 5. The van der Waals surface area contributed by atoms with Gasteiger partial charge in [-0.3, -0.25) is 9.48 Å². The largest absolute Gasteiger partial charge is 0.455 e. The zero-order valence-corrected chi connectivity index (χ0v) is 17.6. The van der Waals surface area contributed by atoms with Crippen molar-refractivity contribution in [3.8, 4) is 28.8 Å². The second-order valence-electron chi connectivity index (χ2n) is 8.30. The van der Waals surface area contributed by atoms with E-state index in [1.807, 2.05) is 42.4 Å². The van der Waals surface area contributed by atoms with E-state index >= 15 is 0 Å². The van der Waals surface area contributed by atoms with E-state index in [1.165, 1.54) is 0 Å². The summed E-state index contributed by atoms with van der Waals surface area (Å²) in [6.07, 6.45) is 5.40. The first kappa shape index (κ1) is 19.3. The maximum Gasteiger partial charge on any atom is 0.230 e. The number of hydrogen-bond donors (Lipinski definition) is 0. The van der Waals surface area contributed by atoms with E-state index in [-0.39, 0.29) is 17.9 Å². The molecule has 2 aliphatic rings. The van der Waals surface area contributed by atoms with Gasteiger partial charge < -0.3 is 9.64 Å².